The van der Waals surface area contributed by atoms with Gasteiger partial charge in [-0.25, -0.2) is 4.79 Å². The monoisotopic (exact) mass is 250 g/mol. The first kappa shape index (κ1) is 13.4. The molecule has 1 rings (SSSR count). The number of hydrogen-bond acceptors (Lipinski definition) is 4. The summed E-state index contributed by atoms with van der Waals surface area (Å²) in [7, 11) is 0. The van der Waals surface area contributed by atoms with Crippen molar-refractivity contribution in [2.45, 2.75) is 6.92 Å². The quantitative estimate of drug-likeness (QED) is 0.478. The third kappa shape index (κ3) is 3.71. The molecule has 1 aromatic rings. The van der Waals surface area contributed by atoms with Crippen molar-refractivity contribution >= 4 is 23.3 Å². The predicted molar refractivity (Wildman–Crippen MR) is 63.1 cm³/mol. The Morgan fingerprint density at radius 1 is 1.33 bits per heavy atom. The number of benzene rings is 1. The van der Waals surface area contributed by atoms with Crippen molar-refractivity contribution in [2.75, 3.05) is 5.32 Å². The van der Waals surface area contributed by atoms with Crippen LogP contribution >= 0.6 is 0 Å². The zero-order valence-electron chi connectivity index (χ0n) is 9.41. The Morgan fingerprint density at radius 3 is 2.33 bits per heavy atom. The molecule has 0 heterocycles. The molecule has 0 radical (unpaired) electrons. The number of rotatable bonds is 4. The van der Waals surface area contributed by atoms with E-state index in [4.69, 9.17) is 5.11 Å². The lowest BCUT2D eigenvalue weighted by atomic mass is 10.2. The molecular weight excluding hydrogens is 240 g/mol. The Hall–Kier alpha value is -2.70. The van der Waals surface area contributed by atoms with Gasteiger partial charge in [-0.15, -0.1) is 0 Å². The summed E-state index contributed by atoms with van der Waals surface area (Å²) >= 11 is 0. The second kappa shape index (κ2) is 5.58. The molecule has 1 amide bonds. The SMILES string of the molecule is C/C(=C/C(=O)O)C(=O)Nc1ccc([N+](=O)[O-])cc1. The van der Waals surface area contributed by atoms with E-state index >= 15 is 0 Å². The number of anilines is 1. The van der Waals surface area contributed by atoms with Gasteiger partial charge in [-0.3, -0.25) is 14.9 Å². The second-order valence-electron chi connectivity index (χ2n) is 3.42. The van der Waals surface area contributed by atoms with Gasteiger partial charge < -0.3 is 10.4 Å². The molecule has 0 unspecified atom stereocenters. The van der Waals surface area contributed by atoms with Crippen LogP contribution in [0.4, 0.5) is 11.4 Å². The fraction of sp³-hybridized carbons (Fsp3) is 0.0909. The molecule has 0 aliphatic heterocycles. The van der Waals surface area contributed by atoms with Gasteiger partial charge in [-0.1, -0.05) is 0 Å². The van der Waals surface area contributed by atoms with E-state index in [2.05, 4.69) is 5.32 Å². The maximum atomic E-state index is 11.5. The van der Waals surface area contributed by atoms with Gasteiger partial charge in [0, 0.05) is 29.5 Å². The van der Waals surface area contributed by atoms with Crippen LogP contribution in [0.25, 0.3) is 0 Å². The van der Waals surface area contributed by atoms with Crippen LogP contribution in [0.15, 0.2) is 35.9 Å². The van der Waals surface area contributed by atoms with Crippen LogP contribution in [0, 0.1) is 10.1 Å². The van der Waals surface area contributed by atoms with Crippen LogP contribution in [0.1, 0.15) is 6.92 Å². The molecule has 1 aromatic carbocycles. The van der Waals surface area contributed by atoms with Gasteiger partial charge in [0.25, 0.3) is 11.6 Å². The molecular formula is C11H10N2O5. The van der Waals surface area contributed by atoms with Crippen molar-refractivity contribution in [2.24, 2.45) is 0 Å². The summed E-state index contributed by atoms with van der Waals surface area (Å²) in [5, 5.41) is 21.3. The highest BCUT2D eigenvalue weighted by molar-refractivity contribution is 6.06. The number of nitrogens with one attached hydrogen (secondary N) is 1. The van der Waals surface area contributed by atoms with E-state index < -0.39 is 16.8 Å². The summed E-state index contributed by atoms with van der Waals surface area (Å²) in [6, 6.07) is 5.21. The molecule has 0 atom stereocenters. The first-order valence-corrected chi connectivity index (χ1v) is 4.87. The number of nitro groups is 1. The predicted octanol–water partition coefficient (Wildman–Crippen LogP) is 1.56. The van der Waals surface area contributed by atoms with E-state index in [1.807, 2.05) is 0 Å². The summed E-state index contributed by atoms with van der Waals surface area (Å²) in [6.45, 7) is 1.36. The minimum Gasteiger partial charge on any atom is -0.478 e. The van der Waals surface area contributed by atoms with Crippen LogP contribution in [0.3, 0.4) is 0 Å². The average Bonchev–Trinajstić information content (AvgIpc) is 2.28. The van der Waals surface area contributed by atoms with Crippen molar-refractivity contribution in [3.05, 3.63) is 46.0 Å². The molecule has 0 bridgehead atoms. The highest BCUT2D eigenvalue weighted by atomic mass is 16.6. The van der Waals surface area contributed by atoms with Crippen molar-refractivity contribution in [3.63, 3.8) is 0 Å². The molecule has 0 aliphatic carbocycles. The van der Waals surface area contributed by atoms with Gasteiger partial charge in [0.05, 0.1) is 4.92 Å². The molecule has 2 N–H and O–H groups in total. The van der Waals surface area contributed by atoms with Crippen LogP contribution in [-0.4, -0.2) is 21.9 Å². The summed E-state index contributed by atoms with van der Waals surface area (Å²) in [5.74, 6) is -1.79. The summed E-state index contributed by atoms with van der Waals surface area (Å²) in [6.07, 6.45) is 0.778. The van der Waals surface area contributed by atoms with Crippen molar-refractivity contribution < 1.29 is 19.6 Å². The van der Waals surface area contributed by atoms with Crippen molar-refractivity contribution in [1.29, 1.82) is 0 Å². The fourth-order valence-electron chi connectivity index (χ4n) is 1.15. The Bertz CT molecular complexity index is 519. The number of amides is 1. The highest BCUT2D eigenvalue weighted by Gasteiger charge is 2.08. The van der Waals surface area contributed by atoms with Gasteiger partial charge in [-0.2, -0.15) is 0 Å². The molecule has 0 aliphatic rings. The number of carbonyl (C=O) groups is 2. The Morgan fingerprint density at radius 2 is 1.89 bits per heavy atom. The molecule has 0 spiro atoms. The number of nitro benzene ring substituents is 1. The fourth-order valence-corrected chi connectivity index (χ4v) is 1.15. The number of carbonyl (C=O) groups excluding carboxylic acids is 1. The Balaban J connectivity index is 2.76. The van der Waals surface area contributed by atoms with Crippen molar-refractivity contribution in [3.8, 4) is 0 Å². The van der Waals surface area contributed by atoms with Crippen LogP contribution in [-0.2, 0) is 9.59 Å². The van der Waals surface area contributed by atoms with Crippen LogP contribution in [0.5, 0.6) is 0 Å². The summed E-state index contributed by atoms with van der Waals surface area (Å²) in [5.41, 5.74) is 0.287. The third-order valence-corrected chi connectivity index (χ3v) is 2.03. The van der Waals surface area contributed by atoms with Crippen LogP contribution < -0.4 is 5.32 Å². The normalized spacial score (nSPS) is 10.8. The second-order valence-corrected chi connectivity index (χ2v) is 3.42. The smallest absolute Gasteiger partial charge is 0.328 e. The van der Waals surface area contributed by atoms with Crippen LogP contribution in [0.2, 0.25) is 0 Å². The zero-order valence-corrected chi connectivity index (χ0v) is 9.41. The van der Waals surface area contributed by atoms with Gasteiger partial charge in [0.2, 0.25) is 0 Å². The number of hydrogen-bond donors (Lipinski definition) is 2. The molecule has 7 heteroatoms. The summed E-state index contributed by atoms with van der Waals surface area (Å²) < 4.78 is 0. The van der Waals surface area contributed by atoms with Gasteiger partial charge in [0.15, 0.2) is 0 Å². The van der Waals surface area contributed by atoms with Gasteiger partial charge >= 0.3 is 5.97 Å². The van der Waals surface area contributed by atoms with E-state index in [0.29, 0.717) is 5.69 Å². The first-order valence-electron chi connectivity index (χ1n) is 4.87. The maximum Gasteiger partial charge on any atom is 0.328 e. The standard InChI is InChI=1S/C11H10N2O5/c1-7(6-10(14)15)11(16)12-8-2-4-9(5-3-8)13(17)18/h2-6H,1H3,(H,12,16)(H,14,15)/b7-6-. The Labute approximate surface area is 102 Å². The molecule has 0 saturated carbocycles. The topological polar surface area (TPSA) is 110 Å². The minimum atomic E-state index is -1.22. The molecule has 0 fully saturated rings. The van der Waals surface area contributed by atoms with Crippen molar-refractivity contribution in [1.82, 2.24) is 0 Å². The maximum absolute atomic E-state index is 11.5. The van der Waals surface area contributed by atoms with Gasteiger partial charge in [-0.05, 0) is 19.1 Å². The van der Waals surface area contributed by atoms with E-state index in [0.717, 1.165) is 6.08 Å². The largest absolute Gasteiger partial charge is 0.478 e. The van der Waals surface area contributed by atoms with E-state index in [1.165, 1.54) is 31.2 Å². The average molecular weight is 250 g/mol. The number of carboxylic acid groups (broad SMARTS) is 1. The minimum absolute atomic E-state index is 0.0286. The van der Waals surface area contributed by atoms with E-state index in [9.17, 15) is 19.7 Å². The number of carboxylic acids is 1. The third-order valence-electron chi connectivity index (χ3n) is 2.03. The number of aliphatic carboxylic acids is 1. The molecule has 0 aromatic heterocycles. The number of non-ortho nitro benzene ring substituents is 1. The lowest BCUT2D eigenvalue weighted by Crippen LogP contribution is -2.13. The molecule has 94 valence electrons. The van der Waals surface area contributed by atoms with Gasteiger partial charge in [0.1, 0.15) is 0 Å². The summed E-state index contributed by atoms with van der Waals surface area (Å²) in [4.78, 5) is 31.7. The lowest BCUT2D eigenvalue weighted by molar-refractivity contribution is -0.384. The van der Waals surface area contributed by atoms with E-state index in [-0.39, 0.29) is 11.3 Å². The molecule has 0 saturated heterocycles. The highest BCUT2D eigenvalue weighted by Crippen LogP contribution is 2.15. The Kier molecular flexibility index (Phi) is 4.14. The zero-order chi connectivity index (χ0) is 13.7. The molecule has 18 heavy (non-hydrogen) atoms. The molecule has 7 nitrogen and oxygen atoms in total. The first-order chi connectivity index (χ1) is 8.40. The van der Waals surface area contributed by atoms with E-state index in [1.54, 1.807) is 0 Å². The number of nitrogens with zero attached hydrogens (tertiary/aromatic N) is 1. The lowest BCUT2D eigenvalue weighted by Gasteiger charge is -2.04.